The molecule has 34 heavy (non-hydrogen) atoms. The number of amides is 1. The maximum atomic E-state index is 14.1. The van der Waals surface area contributed by atoms with E-state index in [1.807, 2.05) is 12.1 Å². The van der Waals surface area contributed by atoms with E-state index in [9.17, 15) is 13.6 Å². The molecular weight excluding hydrogens is 470 g/mol. The molecule has 0 atom stereocenters. The number of methoxy groups -OCH3 is 3. The van der Waals surface area contributed by atoms with Gasteiger partial charge in [-0.15, -0.1) is 12.4 Å². The molecule has 0 bridgehead atoms. The summed E-state index contributed by atoms with van der Waals surface area (Å²) in [6, 6.07) is 11.5. The first kappa shape index (κ1) is 26.7. The molecule has 0 fully saturated rings. The van der Waals surface area contributed by atoms with Crippen LogP contribution in [0.3, 0.4) is 0 Å². The lowest BCUT2D eigenvalue weighted by molar-refractivity contribution is 0.102. The molecule has 0 heterocycles. The minimum absolute atomic E-state index is 0. The number of carbonyl (C=O) groups is 1. The van der Waals surface area contributed by atoms with Crippen molar-refractivity contribution < 1.29 is 32.5 Å². The molecule has 0 saturated carbocycles. The SMILES string of the molecule is COc1c(Oc2ccc(CCN)cc2)cc(C(=O)Nc2ccc(F)cc2F)c(OC)c1OC.Cl. The summed E-state index contributed by atoms with van der Waals surface area (Å²) in [5, 5.41) is 2.41. The van der Waals surface area contributed by atoms with Crippen molar-refractivity contribution >= 4 is 24.0 Å². The number of carbonyl (C=O) groups excluding carboxylic acids is 1. The average Bonchev–Trinajstić information content (AvgIpc) is 2.81. The fourth-order valence-corrected chi connectivity index (χ4v) is 3.22. The number of ether oxygens (including phenoxy) is 4. The monoisotopic (exact) mass is 494 g/mol. The van der Waals surface area contributed by atoms with Crippen molar-refractivity contribution in [3.8, 4) is 28.7 Å². The Labute approximate surface area is 202 Å². The third kappa shape index (κ3) is 5.86. The zero-order valence-corrected chi connectivity index (χ0v) is 19.6. The molecule has 0 radical (unpaired) electrons. The number of hydrogen-bond donors (Lipinski definition) is 2. The highest BCUT2D eigenvalue weighted by Crippen LogP contribution is 2.48. The molecule has 3 rings (SSSR count). The summed E-state index contributed by atoms with van der Waals surface area (Å²) >= 11 is 0. The van der Waals surface area contributed by atoms with Crippen molar-refractivity contribution in [1.82, 2.24) is 0 Å². The van der Waals surface area contributed by atoms with Crippen molar-refractivity contribution in [3.05, 3.63) is 71.3 Å². The third-order valence-electron chi connectivity index (χ3n) is 4.78. The average molecular weight is 495 g/mol. The summed E-state index contributed by atoms with van der Waals surface area (Å²) in [5.74, 6) is -1.38. The number of hydrogen-bond acceptors (Lipinski definition) is 6. The minimum Gasteiger partial charge on any atom is -0.492 e. The number of halogens is 3. The van der Waals surface area contributed by atoms with Crippen LogP contribution in [0.1, 0.15) is 15.9 Å². The van der Waals surface area contributed by atoms with Crippen LogP contribution in [0.15, 0.2) is 48.5 Å². The van der Waals surface area contributed by atoms with Crippen LogP contribution in [0, 0.1) is 11.6 Å². The highest BCUT2D eigenvalue weighted by Gasteiger charge is 2.26. The molecule has 0 aliphatic heterocycles. The van der Waals surface area contributed by atoms with Gasteiger partial charge in [-0.1, -0.05) is 12.1 Å². The summed E-state index contributed by atoms with van der Waals surface area (Å²) in [6.45, 7) is 0.525. The van der Waals surface area contributed by atoms with Crippen LogP contribution >= 0.6 is 12.4 Å². The fraction of sp³-hybridized carbons (Fsp3) is 0.208. The molecule has 182 valence electrons. The summed E-state index contributed by atoms with van der Waals surface area (Å²) in [5.41, 5.74) is 6.43. The van der Waals surface area contributed by atoms with Gasteiger partial charge in [0.15, 0.2) is 11.5 Å². The predicted molar refractivity (Wildman–Crippen MR) is 127 cm³/mol. The number of benzene rings is 3. The van der Waals surface area contributed by atoms with Gasteiger partial charge in [0.2, 0.25) is 11.5 Å². The molecule has 0 aromatic heterocycles. The van der Waals surface area contributed by atoms with Crippen molar-refractivity contribution in [3.63, 3.8) is 0 Å². The number of nitrogens with one attached hydrogen (secondary N) is 1. The van der Waals surface area contributed by atoms with E-state index in [0.717, 1.165) is 24.1 Å². The van der Waals surface area contributed by atoms with Crippen molar-refractivity contribution in [2.45, 2.75) is 6.42 Å². The maximum absolute atomic E-state index is 14.1. The van der Waals surface area contributed by atoms with E-state index in [0.29, 0.717) is 18.4 Å². The van der Waals surface area contributed by atoms with Crippen LogP contribution in [0.5, 0.6) is 28.7 Å². The van der Waals surface area contributed by atoms with Gasteiger partial charge < -0.3 is 30.0 Å². The Morgan fingerprint density at radius 1 is 0.912 bits per heavy atom. The van der Waals surface area contributed by atoms with Crippen molar-refractivity contribution in [2.75, 3.05) is 33.2 Å². The van der Waals surface area contributed by atoms with Gasteiger partial charge in [0.25, 0.3) is 5.91 Å². The van der Waals surface area contributed by atoms with Gasteiger partial charge in [0.05, 0.1) is 32.6 Å². The summed E-state index contributed by atoms with van der Waals surface area (Å²) in [6.07, 6.45) is 0.726. The molecule has 3 N–H and O–H groups in total. The topological polar surface area (TPSA) is 92.0 Å². The molecule has 0 saturated heterocycles. The molecule has 0 aliphatic carbocycles. The summed E-state index contributed by atoms with van der Waals surface area (Å²) in [7, 11) is 4.15. The Balaban J connectivity index is 0.00000408. The standard InChI is InChI=1S/C24H24F2N2O5.ClH/c1-30-21-17(24(29)28-19-9-6-15(25)12-18(19)26)13-20(22(31-2)23(21)32-3)33-16-7-4-14(5-8-16)10-11-27;/h4-9,12-13H,10-11,27H2,1-3H3,(H,28,29);1H. The van der Waals surface area contributed by atoms with Gasteiger partial charge in [-0.3, -0.25) is 4.79 Å². The Morgan fingerprint density at radius 3 is 2.12 bits per heavy atom. The Morgan fingerprint density at radius 2 is 1.56 bits per heavy atom. The lowest BCUT2D eigenvalue weighted by Crippen LogP contribution is -2.15. The van der Waals surface area contributed by atoms with E-state index in [-0.39, 0.29) is 46.7 Å². The van der Waals surface area contributed by atoms with E-state index >= 15 is 0 Å². The summed E-state index contributed by atoms with van der Waals surface area (Å²) in [4.78, 5) is 13.0. The molecule has 7 nitrogen and oxygen atoms in total. The normalized spacial score (nSPS) is 10.2. The minimum atomic E-state index is -0.920. The lowest BCUT2D eigenvalue weighted by Gasteiger charge is -2.19. The maximum Gasteiger partial charge on any atom is 0.259 e. The second kappa shape index (κ2) is 12.1. The first-order valence-corrected chi connectivity index (χ1v) is 9.98. The molecule has 3 aromatic rings. The van der Waals surface area contributed by atoms with Gasteiger partial charge in [-0.05, 0) is 42.8 Å². The van der Waals surface area contributed by atoms with Gasteiger partial charge in [0.1, 0.15) is 17.4 Å². The van der Waals surface area contributed by atoms with Gasteiger partial charge in [-0.25, -0.2) is 8.78 Å². The van der Waals surface area contributed by atoms with Crippen LogP contribution in [-0.4, -0.2) is 33.8 Å². The largest absolute Gasteiger partial charge is 0.492 e. The fourth-order valence-electron chi connectivity index (χ4n) is 3.22. The molecular formula is C24H25ClF2N2O5. The Bertz CT molecular complexity index is 1140. The van der Waals surface area contributed by atoms with Crippen molar-refractivity contribution in [2.24, 2.45) is 5.73 Å². The van der Waals surface area contributed by atoms with Crippen molar-refractivity contribution in [1.29, 1.82) is 0 Å². The second-order valence-corrected chi connectivity index (χ2v) is 6.88. The highest BCUT2D eigenvalue weighted by atomic mass is 35.5. The Kier molecular flexibility index (Phi) is 9.47. The first-order valence-electron chi connectivity index (χ1n) is 9.98. The van der Waals surface area contributed by atoms with Crippen LogP contribution in [-0.2, 0) is 6.42 Å². The van der Waals surface area contributed by atoms with E-state index in [1.54, 1.807) is 12.1 Å². The Hall–Kier alpha value is -3.56. The summed E-state index contributed by atoms with van der Waals surface area (Å²) < 4.78 is 49.5. The van der Waals surface area contributed by atoms with Gasteiger partial charge >= 0.3 is 0 Å². The first-order chi connectivity index (χ1) is 15.9. The zero-order chi connectivity index (χ0) is 24.0. The predicted octanol–water partition coefficient (Wildman–Crippen LogP) is 4.96. The lowest BCUT2D eigenvalue weighted by atomic mass is 10.1. The van der Waals surface area contributed by atoms with E-state index in [1.165, 1.54) is 27.4 Å². The molecule has 3 aromatic carbocycles. The molecule has 1 amide bonds. The van der Waals surface area contributed by atoms with Crippen LogP contribution in [0.4, 0.5) is 14.5 Å². The van der Waals surface area contributed by atoms with Crippen LogP contribution in [0.25, 0.3) is 0 Å². The van der Waals surface area contributed by atoms with Crippen LogP contribution in [0.2, 0.25) is 0 Å². The third-order valence-corrected chi connectivity index (χ3v) is 4.78. The van der Waals surface area contributed by atoms with Gasteiger partial charge in [0, 0.05) is 12.1 Å². The van der Waals surface area contributed by atoms with E-state index in [2.05, 4.69) is 5.32 Å². The van der Waals surface area contributed by atoms with Gasteiger partial charge in [-0.2, -0.15) is 0 Å². The quantitative estimate of drug-likeness (QED) is 0.437. The highest BCUT2D eigenvalue weighted by molar-refractivity contribution is 6.07. The molecule has 0 spiro atoms. The number of anilines is 1. The number of rotatable bonds is 9. The zero-order valence-electron chi connectivity index (χ0n) is 18.8. The molecule has 10 heteroatoms. The molecule has 0 unspecified atom stereocenters. The second-order valence-electron chi connectivity index (χ2n) is 6.88. The smallest absolute Gasteiger partial charge is 0.259 e. The van der Waals surface area contributed by atoms with Crippen LogP contribution < -0.4 is 30.0 Å². The van der Waals surface area contributed by atoms with E-state index in [4.69, 9.17) is 24.7 Å². The number of nitrogens with two attached hydrogens (primary N) is 1. The van der Waals surface area contributed by atoms with E-state index < -0.39 is 17.5 Å². The molecule has 0 aliphatic rings.